The third-order valence-electron chi connectivity index (χ3n) is 5.33. The third kappa shape index (κ3) is 5.94. The second-order valence-corrected chi connectivity index (χ2v) is 7.76. The summed E-state index contributed by atoms with van der Waals surface area (Å²) in [5.41, 5.74) is 2.04. The van der Waals surface area contributed by atoms with Crippen molar-refractivity contribution in [3.05, 3.63) is 76.8 Å². The van der Waals surface area contributed by atoms with Gasteiger partial charge in [-0.3, -0.25) is 9.59 Å². The minimum atomic E-state index is -0.0312. The molecular formula is C24H27ClN2O2. The van der Waals surface area contributed by atoms with E-state index >= 15 is 0 Å². The van der Waals surface area contributed by atoms with Crippen molar-refractivity contribution in [3.63, 3.8) is 0 Å². The number of benzene rings is 2. The van der Waals surface area contributed by atoms with Gasteiger partial charge in [-0.1, -0.05) is 54.1 Å². The quantitative estimate of drug-likeness (QED) is 0.651. The summed E-state index contributed by atoms with van der Waals surface area (Å²) in [6, 6.07) is 17.4. The van der Waals surface area contributed by atoms with E-state index in [1.54, 1.807) is 6.08 Å². The van der Waals surface area contributed by atoms with E-state index in [-0.39, 0.29) is 17.7 Å². The zero-order valence-corrected chi connectivity index (χ0v) is 17.5. The van der Waals surface area contributed by atoms with Crippen LogP contribution in [0.25, 0.3) is 6.08 Å². The topological polar surface area (TPSA) is 40.6 Å². The molecule has 1 aliphatic rings. The summed E-state index contributed by atoms with van der Waals surface area (Å²) in [4.78, 5) is 29.1. The van der Waals surface area contributed by atoms with Crippen LogP contribution < -0.4 is 0 Å². The first kappa shape index (κ1) is 21.1. The van der Waals surface area contributed by atoms with E-state index in [4.69, 9.17) is 11.6 Å². The second-order valence-electron chi connectivity index (χ2n) is 7.33. The maximum Gasteiger partial charge on any atom is 0.246 e. The Bertz CT molecular complexity index is 858. The zero-order chi connectivity index (χ0) is 20.6. The van der Waals surface area contributed by atoms with Crippen LogP contribution in [0.4, 0.5) is 0 Å². The number of hydrogen-bond acceptors (Lipinski definition) is 2. The smallest absolute Gasteiger partial charge is 0.246 e. The molecule has 0 atom stereocenters. The summed E-state index contributed by atoms with van der Waals surface area (Å²) in [5, 5.41) is 0.682. The monoisotopic (exact) mass is 410 g/mol. The number of halogens is 1. The maximum atomic E-state index is 13.0. The minimum Gasteiger partial charge on any atom is -0.339 e. The number of hydrogen-bond donors (Lipinski definition) is 0. The number of piperidine rings is 1. The first-order chi connectivity index (χ1) is 14.1. The van der Waals surface area contributed by atoms with Crippen LogP contribution >= 0.6 is 11.6 Å². The lowest BCUT2D eigenvalue weighted by Crippen LogP contribution is -2.43. The van der Waals surface area contributed by atoms with E-state index < -0.39 is 0 Å². The van der Waals surface area contributed by atoms with Gasteiger partial charge in [-0.25, -0.2) is 0 Å². The standard InChI is InChI=1S/C24H27ClN2O2/c1-2-26(18-20-9-6-10-22(25)17-20)24(29)21-13-15-27(16-14-21)23(28)12-11-19-7-4-3-5-8-19/h3-12,17,21H,2,13-16,18H2,1H3/b12-11+. The van der Waals surface area contributed by atoms with E-state index in [2.05, 4.69) is 0 Å². The van der Waals surface area contributed by atoms with Crippen LogP contribution in [0.1, 0.15) is 30.9 Å². The van der Waals surface area contributed by atoms with E-state index in [1.165, 1.54) is 0 Å². The molecular weight excluding hydrogens is 384 g/mol. The van der Waals surface area contributed by atoms with Gasteiger partial charge in [-0.05, 0) is 49.1 Å². The van der Waals surface area contributed by atoms with Crippen LogP contribution in [0.15, 0.2) is 60.7 Å². The highest BCUT2D eigenvalue weighted by Gasteiger charge is 2.29. The SMILES string of the molecule is CCN(Cc1cccc(Cl)c1)C(=O)C1CCN(C(=O)/C=C/c2ccccc2)CC1. The molecule has 0 bridgehead atoms. The van der Waals surface area contributed by atoms with Gasteiger partial charge in [-0.15, -0.1) is 0 Å². The van der Waals surface area contributed by atoms with Crippen molar-refractivity contribution in [2.45, 2.75) is 26.3 Å². The molecule has 0 unspecified atom stereocenters. The van der Waals surface area contributed by atoms with E-state index in [0.29, 0.717) is 44.0 Å². The van der Waals surface area contributed by atoms with Gasteiger partial charge in [0.25, 0.3) is 0 Å². The summed E-state index contributed by atoms with van der Waals surface area (Å²) in [6.45, 7) is 4.45. The fourth-order valence-corrected chi connectivity index (χ4v) is 3.86. The summed E-state index contributed by atoms with van der Waals surface area (Å²) in [5.74, 6) is 0.140. The molecule has 5 heteroatoms. The largest absolute Gasteiger partial charge is 0.339 e. The molecule has 3 rings (SSSR count). The lowest BCUT2D eigenvalue weighted by molar-refractivity contribution is -0.139. The molecule has 0 saturated carbocycles. The van der Waals surface area contributed by atoms with Crippen LogP contribution in [-0.2, 0) is 16.1 Å². The fourth-order valence-electron chi connectivity index (χ4n) is 3.64. The molecule has 0 radical (unpaired) electrons. The van der Waals surface area contributed by atoms with Crippen molar-refractivity contribution in [2.75, 3.05) is 19.6 Å². The Kier molecular flexibility index (Phi) is 7.48. The zero-order valence-electron chi connectivity index (χ0n) is 16.8. The highest BCUT2D eigenvalue weighted by Crippen LogP contribution is 2.22. The Labute approximate surface area is 177 Å². The molecule has 1 saturated heterocycles. The third-order valence-corrected chi connectivity index (χ3v) is 5.56. The van der Waals surface area contributed by atoms with E-state index in [1.807, 2.05) is 77.4 Å². The average molecular weight is 411 g/mol. The number of amides is 2. The predicted molar refractivity (Wildman–Crippen MR) is 117 cm³/mol. The van der Waals surface area contributed by atoms with E-state index in [0.717, 1.165) is 11.1 Å². The number of rotatable bonds is 6. The molecule has 1 aliphatic heterocycles. The summed E-state index contributed by atoms with van der Waals surface area (Å²) >= 11 is 6.06. The van der Waals surface area contributed by atoms with Gasteiger partial charge in [0.05, 0.1) is 0 Å². The number of likely N-dealkylation sites (tertiary alicyclic amines) is 1. The van der Waals surface area contributed by atoms with Crippen molar-refractivity contribution >= 4 is 29.5 Å². The summed E-state index contributed by atoms with van der Waals surface area (Å²) < 4.78 is 0. The average Bonchev–Trinajstić information content (AvgIpc) is 2.76. The molecule has 2 amide bonds. The second kappa shape index (κ2) is 10.3. The molecule has 0 N–H and O–H groups in total. The maximum absolute atomic E-state index is 13.0. The van der Waals surface area contributed by atoms with Crippen molar-refractivity contribution < 1.29 is 9.59 Å². The normalized spacial score (nSPS) is 14.9. The first-order valence-electron chi connectivity index (χ1n) is 10.1. The lowest BCUT2D eigenvalue weighted by Gasteiger charge is -2.33. The molecule has 2 aromatic rings. The van der Waals surface area contributed by atoms with Crippen LogP contribution in [0.3, 0.4) is 0 Å². The number of carbonyl (C=O) groups is 2. The first-order valence-corrected chi connectivity index (χ1v) is 10.5. The number of nitrogens with zero attached hydrogens (tertiary/aromatic N) is 2. The van der Waals surface area contributed by atoms with Crippen LogP contribution in [0.5, 0.6) is 0 Å². The summed E-state index contributed by atoms with van der Waals surface area (Å²) in [6.07, 6.45) is 4.87. The molecule has 2 aromatic carbocycles. The Morgan fingerprint density at radius 2 is 1.83 bits per heavy atom. The van der Waals surface area contributed by atoms with Gasteiger partial charge in [0, 0.05) is 43.2 Å². The van der Waals surface area contributed by atoms with Crippen molar-refractivity contribution in [1.29, 1.82) is 0 Å². The van der Waals surface area contributed by atoms with Gasteiger partial charge in [-0.2, -0.15) is 0 Å². The van der Waals surface area contributed by atoms with Crippen LogP contribution in [-0.4, -0.2) is 41.2 Å². The fraction of sp³-hybridized carbons (Fsp3) is 0.333. The van der Waals surface area contributed by atoms with Gasteiger partial charge < -0.3 is 9.80 Å². The highest BCUT2D eigenvalue weighted by molar-refractivity contribution is 6.30. The molecule has 1 heterocycles. The van der Waals surface area contributed by atoms with Crippen molar-refractivity contribution in [3.8, 4) is 0 Å². The Morgan fingerprint density at radius 3 is 2.48 bits per heavy atom. The Hall–Kier alpha value is -2.59. The van der Waals surface area contributed by atoms with Gasteiger partial charge in [0.1, 0.15) is 0 Å². The molecule has 0 aromatic heterocycles. The molecule has 29 heavy (non-hydrogen) atoms. The van der Waals surface area contributed by atoms with Crippen LogP contribution in [0, 0.1) is 5.92 Å². The van der Waals surface area contributed by atoms with Crippen molar-refractivity contribution in [1.82, 2.24) is 9.80 Å². The predicted octanol–water partition coefficient (Wildman–Crippen LogP) is 4.64. The lowest BCUT2D eigenvalue weighted by atomic mass is 9.95. The Balaban J connectivity index is 1.52. The molecule has 0 spiro atoms. The van der Waals surface area contributed by atoms with Gasteiger partial charge in [0.15, 0.2) is 0 Å². The Morgan fingerprint density at radius 1 is 1.10 bits per heavy atom. The van der Waals surface area contributed by atoms with E-state index in [9.17, 15) is 9.59 Å². The summed E-state index contributed by atoms with van der Waals surface area (Å²) in [7, 11) is 0. The van der Waals surface area contributed by atoms with Gasteiger partial charge >= 0.3 is 0 Å². The molecule has 0 aliphatic carbocycles. The molecule has 152 valence electrons. The molecule has 4 nitrogen and oxygen atoms in total. The van der Waals surface area contributed by atoms with Gasteiger partial charge in [0.2, 0.25) is 11.8 Å². The minimum absolute atomic E-state index is 0.00558. The van der Waals surface area contributed by atoms with Crippen LogP contribution in [0.2, 0.25) is 5.02 Å². The van der Waals surface area contributed by atoms with Crippen molar-refractivity contribution in [2.24, 2.45) is 5.92 Å². The highest BCUT2D eigenvalue weighted by atomic mass is 35.5. The molecule has 1 fully saturated rings. The number of carbonyl (C=O) groups excluding carboxylic acids is 2.